The van der Waals surface area contributed by atoms with Gasteiger partial charge in [0, 0.05) is 19.6 Å². The molecular weight excluding hydrogens is 264 g/mol. The molecule has 1 unspecified atom stereocenters. The van der Waals surface area contributed by atoms with Crippen LogP contribution in [0.15, 0.2) is 30.3 Å². The molecule has 1 aromatic rings. The molecule has 2 rings (SSSR count). The summed E-state index contributed by atoms with van der Waals surface area (Å²) < 4.78 is 22.6. The van der Waals surface area contributed by atoms with Crippen molar-refractivity contribution in [2.45, 2.75) is 19.0 Å². The van der Waals surface area contributed by atoms with Crippen LogP contribution in [0.4, 0.5) is 4.79 Å². The molecule has 1 heterocycles. The van der Waals surface area contributed by atoms with Crippen molar-refractivity contribution in [2.75, 3.05) is 18.6 Å². The van der Waals surface area contributed by atoms with Gasteiger partial charge in [-0.25, -0.2) is 13.2 Å². The fourth-order valence-corrected chi connectivity index (χ4v) is 3.80. The van der Waals surface area contributed by atoms with Crippen molar-refractivity contribution in [2.24, 2.45) is 0 Å². The van der Waals surface area contributed by atoms with Crippen molar-refractivity contribution in [1.82, 2.24) is 10.2 Å². The maximum absolute atomic E-state index is 11.9. The van der Waals surface area contributed by atoms with E-state index in [2.05, 4.69) is 5.32 Å². The van der Waals surface area contributed by atoms with E-state index in [9.17, 15) is 13.2 Å². The van der Waals surface area contributed by atoms with Gasteiger partial charge in [0.1, 0.15) is 0 Å². The zero-order valence-electron chi connectivity index (χ0n) is 10.9. The lowest BCUT2D eigenvalue weighted by Gasteiger charge is -2.20. The molecule has 1 saturated heterocycles. The third kappa shape index (κ3) is 3.96. The normalized spacial score (nSPS) is 21.0. The lowest BCUT2D eigenvalue weighted by Crippen LogP contribution is -2.43. The third-order valence-corrected chi connectivity index (χ3v) is 4.94. The third-order valence-electron chi connectivity index (χ3n) is 3.17. The number of carbonyl (C=O) groups is 1. The van der Waals surface area contributed by atoms with Crippen LogP contribution in [-0.2, 0) is 16.4 Å². The molecule has 1 aromatic carbocycles. The summed E-state index contributed by atoms with van der Waals surface area (Å²) in [4.78, 5) is 13.5. The first-order valence-electron chi connectivity index (χ1n) is 6.22. The van der Waals surface area contributed by atoms with Crippen molar-refractivity contribution in [3.05, 3.63) is 35.9 Å². The number of hydrogen-bond acceptors (Lipinski definition) is 3. The average Bonchev–Trinajstić information content (AvgIpc) is 2.70. The van der Waals surface area contributed by atoms with E-state index < -0.39 is 9.84 Å². The highest BCUT2D eigenvalue weighted by molar-refractivity contribution is 7.91. The molecule has 0 bridgehead atoms. The first-order valence-corrected chi connectivity index (χ1v) is 8.04. The molecular formula is C13H18N2O3S. The Bertz CT molecular complexity index is 542. The number of rotatable bonds is 3. The van der Waals surface area contributed by atoms with Gasteiger partial charge in [0.25, 0.3) is 0 Å². The van der Waals surface area contributed by atoms with Gasteiger partial charge in [-0.3, -0.25) is 0 Å². The van der Waals surface area contributed by atoms with Crippen LogP contribution in [0.2, 0.25) is 0 Å². The maximum Gasteiger partial charge on any atom is 0.317 e. The van der Waals surface area contributed by atoms with E-state index in [0.29, 0.717) is 13.0 Å². The first-order chi connectivity index (χ1) is 8.96. The monoisotopic (exact) mass is 282 g/mol. The van der Waals surface area contributed by atoms with Gasteiger partial charge >= 0.3 is 6.03 Å². The smallest absolute Gasteiger partial charge is 0.317 e. The zero-order valence-corrected chi connectivity index (χ0v) is 11.7. The number of carbonyl (C=O) groups excluding carboxylic acids is 1. The van der Waals surface area contributed by atoms with Crippen molar-refractivity contribution < 1.29 is 13.2 Å². The minimum atomic E-state index is -2.96. The molecule has 1 atom stereocenters. The topological polar surface area (TPSA) is 66.5 Å². The van der Waals surface area contributed by atoms with Gasteiger partial charge in [-0.15, -0.1) is 0 Å². The summed E-state index contributed by atoms with van der Waals surface area (Å²) in [6.07, 6.45) is 0.507. The minimum Gasteiger partial charge on any atom is -0.334 e. The SMILES string of the molecule is CN(Cc1ccccc1)C(=O)NC1CCS(=O)(=O)C1. The van der Waals surface area contributed by atoms with E-state index in [1.165, 1.54) is 0 Å². The quantitative estimate of drug-likeness (QED) is 0.900. The van der Waals surface area contributed by atoms with E-state index in [1.807, 2.05) is 30.3 Å². The van der Waals surface area contributed by atoms with Gasteiger partial charge in [-0.2, -0.15) is 0 Å². The second-order valence-corrected chi connectivity index (χ2v) is 7.12. The van der Waals surface area contributed by atoms with Crippen molar-refractivity contribution in [1.29, 1.82) is 0 Å². The molecule has 5 nitrogen and oxygen atoms in total. The van der Waals surface area contributed by atoms with Crippen molar-refractivity contribution in [3.8, 4) is 0 Å². The number of urea groups is 1. The molecule has 104 valence electrons. The van der Waals surface area contributed by atoms with Crippen LogP contribution in [0, 0.1) is 0 Å². The molecule has 1 aliphatic rings. The summed E-state index contributed by atoms with van der Waals surface area (Å²) in [5, 5.41) is 2.76. The fraction of sp³-hybridized carbons (Fsp3) is 0.462. The second kappa shape index (κ2) is 5.61. The number of hydrogen-bond donors (Lipinski definition) is 1. The molecule has 0 aliphatic carbocycles. The van der Waals surface area contributed by atoms with Gasteiger partial charge < -0.3 is 10.2 Å². The minimum absolute atomic E-state index is 0.0535. The van der Waals surface area contributed by atoms with Crippen LogP contribution < -0.4 is 5.32 Å². The highest BCUT2D eigenvalue weighted by Crippen LogP contribution is 2.12. The molecule has 19 heavy (non-hydrogen) atoms. The van der Waals surface area contributed by atoms with Crippen LogP contribution in [-0.4, -0.2) is 43.9 Å². The molecule has 0 aromatic heterocycles. The number of benzene rings is 1. The Balaban J connectivity index is 1.86. The predicted molar refractivity (Wildman–Crippen MR) is 73.5 cm³/mol. The van der Waals surface area contributed by atoms with Crippen molar-refractivity contribution in [3.63, 3.8) is 0 Å². The molecule has 0 saturated carbocycles. The van der Waals surface area contributed by atoms with E-state index >= 15 is 0 Å². The molecule has 1 N–H and O–H groups in total. The number of amides is 2. The number of sulfone groups is 1. The highest BCUT2D eigenvalue weighted by Gasteiger charge is 2.29. The molecule has 1 fully saturated rings. The van der Waals surface area contributed by atoms with Gasteiger partial charge in [0.05, 0.1) is 11.5 Å². The Kier molecular flexibility index (Phi) is 4.09. The van der Waals surface area contributed by atoms with Crippen molar-refractivity contribution >= 4 is 15.9 Å². The summed E-state index contributed by atoms with van der Waals surface area (Å²) >= 11 is 0. The average molecular weight is 282 g/mol. The van der Waals surface area contributed by atoms with Gasteiger partial charge in [-0.05, 0) is 12.0 Å². The largest absolute Gasteiger partial charge is 0.334 e. The Labute approximate surface area is 113 Å². The van der Waals surface area contributed by atoms with Crippen LogP contribution in [0.5, 0.6) is 0 Å². The first kappa shape index (κ1) is 13.9. The Morgan fingerprint density at radius 2 is 2.05 bits per heavy atom. The van der Waals surface area contributed by atoms with Crippen LogP contribution in [0.1, 0.15) is 12.0 Å². The molecule has 0 radical (unpaired) electrons. The Morgan fingerprint density at radius 3 is 2.63 bits per heavy atom. The second-order valence-electron chi connectivity index (χ2n) is 4.89. The zero-order chi connectivity index (χ0) is 13.9. The predicted octanol–water partition coefficient (Wildman–Crippen LogP) is 1.02. The maximum atomic E-state index is 11.9. The summed E-state index contributed by atoms with van der Waals surface area (Å²) in [6.45, 7) is 0.506. The molecule has 1 aliphatic heterocycles. The summed E-state index contributed by atoms with van der Waals surface area (Å²) in [5.41, 5.74) is 1.04. The summed E-state index contributed by atoms with van der Waals surface area (Å²) in [7, 11) is -1.26. The van der Waals surface area contributed by atoms with Crippen LogP contribution in [0.25, 0.3) is 0 Å². The summed E-state index contributed by atoms with van der Waals surface area (Å²) in [6, 6.07) is 9.18. The van der Waals surface area contributed by atoms with Gasteiger partial charge in [-0.1, -0.05) is 30.3 Å². The number of nitrogens with zero attached hydrogens (tertiary/aromatic N) is 1. The Morgan fingerprint density at radius 1 is 1.37 bits per heavy atom. The van der Waals surface area contributed by atoms with Gasteiger partial charge in [0.2, 0.25) is 0 Å². The van der Waals surface area contributed by atoms with E-state index in [4.69, 9.17) is 0 Å². The van der Waals surface area contributed by atoms with Crippen LogP contribution >= 0.6 is 0 Å². The Hall–Kier alpha value is -1.56. The molecule has 2 amide bonds. The molecule has 6 heteroatoms. The fourth-order valence-electron chi connectivity index (χ4n) is 2.12. The van der Waals surface area contributed by atoms with E-state index in [-0.39, 0.29) is 23.6 Å². The highest BCUT2D eigenvalue weighted by atomic mass is 32.2. The van der Waals surface area contributed by atoms with Crippen LogP contribution in [0.3, 0.4) is 0 Å². The number of nitrogens with one attached hydrogen (secondary N) is 1. The van der Waals surface area contributed by atoms with E-state index in [1.54, 1.807) is 11.9 Å². The lowest BCUT2D eigenvalue weighted by atomic mass is 10.2. The van der Waals surface area contributed by atoms with E-state index in [0.717, 1.165) is 5.56 Å². The lowest BCUT2D eigenvalue weighted by molar-refractivity contribution is 0.203. The molecule has 0 spiro atoms. The summed E-state index contributed by atoms with van der Waals surface area (Å²) in [5.74, 6) is 0.220. The standard InChI is InChI=1S/C13H18N2O3S/c1-15(9-11-5-3-2-4-6-11)13(16)14-12-7-8-19(17,18)10-12/h2-6,12H,7-10H2,1H3,(H,14,16). The van der Waals surface area contributed by atoms with Gasteiger partial charge in [0.15, 0.2) is 9.84 Å².